The number of aromatic nitrogens is 2. The first kappa shape index (κ1) is 7.46. The monoisotopic (exact) mass is 154 g/mol. The molecule has 2 N–H and O–H groups in total. The van der Waals surface area contributed by atoms with Gasteiger partial charge >= 0.3 is 5.97 Å². The van der Waals surface area contributed by atoms with Crippen LogP contribution < -0.4 is 0 Å². The molecule has 0 aliphatic rings. The van der Waals surface area contributed by atoms with Crippen LogP contribution in [0.25, 0.3) is 0 Å². The molecule has 1 rings (SSSR count). The van der Waals surface area contributed by atoms with E-state index in [4.69, 9.17) is 5.11 Å². The Morgan fingerprint density at radius 3 is 2.82 bits per heavy atom. The van der Waals surface area contributed by atoms with Crippen molar-refractivity contribution in [3.05, 3.63) is 18.0 Å². The summed E-state index contributed by atoms with van der Waals surface area (Å²) in [5.41, 5.74) is 0.229. The highest BCUT2D eigenvalue weighted by Gasteiger charge is 2.10. The molecule has 0 aliphatic heterocycles. The zero-order valence-corrected chi connectivity index (χ0v) is 5.57. The Bertz CT molecular complexity index is 265. The summed E-state index contributed by atoms with van der Waals surface area (Å²) in [5.74, 6) is -1.60. The number of rotatable bonds is 3. The highest BCUT2D eigenvalue weighted by atomic mass is 16.4. The van der Waals surface area contributed by atoms with Crippen molar-refractivity contribution in [3.63, 3.8) is 0 Å². The van der Waals surface area contributed by atoms with Crippen molar-refractivity contribution in [3.8, 4) is 0 Å². The van der Waals surface area contributed by atoms with E-state index in [0.717, 1.165) is 0 Å². The number of carbonyl (C=O) groups is 2. The highest BCUT2D eigenvalue weighted by Crippen LogP contribution is 1.96. The predicted octanol–water partition coefficient (Wildman–Crippen LogP) is 0.0671. The Morgan fingerprint density at radius 2 is 2.36 bits per heavy atom. The van der Waals surface area contributed by atoms with Gasteiger partial charge in [0.15, 0.2) is 5.78 Å². The molecule has 0 atom stereocenters. The van der Waals surface area contributed by atoms with Gasteiger partial charge in [-0.2, -0.15) is 5.10 Å². The third-order valence-electron chi connectivity index (χ3n) is 1.11. The van der Waals surface area contributed by atoms with Gasteiger partial charge < -0.3 is 5.11 Å². The number of nitrogens with one attached hydrogen (secondary N) is 1. The second-order valence-electron chi connectivity index (χ2n) is 1.96. The van der Waals surface area contributed by atoms with Crippen molar-refractivity contribution >= 4 is 11.8 Å². The van der Waals surface area contributed by atoms with Gasteiger partial charge in [0.25, 0.3) is 0 Å². The molecule has 0 saturated heterocycles. The molecule has 5 heteroatoms. The van der Waals surface area contributed by atoms with Crippen LogP contribution in [0.2, 0.25) is 0 Å². The van der Waals surface area contributed by atoms with E-state index in [-0.39, 0.29) is 5.69 Å². The molecule has 0 bridgehead atoms. The number of aromatic amines is 1. The molecule has 0 saturated carbocycles. The van der Waals surface area contributed by atoms with Crippen LogP contribution in [-0.2, 0) is 4.79 Å². The fourth-order valence-corrected chi connectivity index (χ4v) is 0.644. The maximum Gasteiger partial charge on any atom is 0.311 e. The molecule has 0 radical (unpaired) electrons. The van der Waals surface area contributed by atoms with Crippen LogP contribution in [0.4, 0.5) is 0 Å². The van der Waals surface area contributed by atoms with E-state index in [1.807, 2.05) is 0 Å². The number of nitrogens with zero attached hydrogens (tertiary/aromatic N) is 1. The smallest absolute Gasteiger partial charge is 0.311 e. The lowest BCUT2D eigenvalue weighted by Gasteiger charge is -1.89. The van der Waals surface area contributed by atoms with Crippen LogP contribution in [0.15, 0.2) is 12.3 Å². The van der Waals surface area contributed by atoms with Gasteiger partial charge in [-0.1, -0.05) is 0 Å². The molecule has 1 heterocycles. The number of carbonyl (C=O) groups excluding carboxylic acids is 1. The lowest BCUT2D eigenvalue weighted by atomic mass is 10.2. The maximum atomic E-state index is 10.9. The lowest BCUT2D eigenvalue weighted by Crippen LogP contribution is -2.07. The Morgan fingerprint density at radius 1 is 1.64 bits per heavy atom. The third-order valence-corrected chi connectivity index (χ3v) is 1.11. The van der Waals surface area contributed by atoms with Crippen molar-refractivity contribution in [2.75, 3.05) is 0 Å². The van der Waals surface area contributed by atoms with E-state index >= 15 is 0 Å². The highest BCUT2D eigenvalue weighted by molar-refractivity contribution is 6.04. The van der Waals surface area contributed by atoms with E-state index in [0.29, 0.717) is 0 Å². The van der Waals surface area contributed by atoms with Gasteiger partial charge in [-0.15, -0.1) is 0 Å². The summed E-state index contributed by atoms with van der Waals surface area (Å²) in [7, 11) is 0. The summed E-state index contributed by atoms with van der Waals surface area (Å²) >= 11 is 0. The lowest BCUT2D eigenvalue weighted by molar-refractivity contribution is -0.135. The first-order chi connectivity index (χ1) is 5.20. The van der Waals surface area contributed by atoms with Crippen LogP contribution >= 0.6 is 0 Å². The Balaban J connectivity index is 2.64. The number of ketones is 1. The van der Waals surface area contributed by atoms with Crippen molar-refractivity contribution in [2.45, 2.75) is 6.42 Å². The second kappa shape index (κ2) is 2.96. The summed E-state index contributed by atoms with van der Waals surface area (Å²) in [5, 5.41) is 14.1. The van der Waals surface area contributed by atoms with Gasteiger partial charge in [0.2, 0.25) is 0 Å². The average Bonchev–Trinajstić information content (AvgIpc) is 2.35. The van der Waals surface area contributed by atoms with Crippen LogP contribution in [0.1, 0.15) is 16.9 Å². The Labute approximate surface area is 62.0 Å². The van der Waals surface area contributed by atoms with Gasteiger partial charge in [-0.3, -0.25) is 14.7 Å². The largest absolute Gasteiger partial charge is 0.481 e. The van der Waals surface area contributed by atoms with Crippen LogP contribution in [-0.4, -0.2) is 27.1 Å². The number of hydrogen-bond donors (Lipinski definition) is 2. The summed E-state index contributed by atoms with van der Waals surface area (Å²) in [6.45, 7) is 0. The molecule has 0 aromatic carbocycles. The Kier molecular flexibility index (Phi) is 2.00. The first-order valence-electron chi connectivity index (χ1n) is 2.94. The standard InChI is InChI=1S/C6H6N2O3/c9-5(3-6(10)11)4-1-2-7-8-4/h1-2H,3H2,(H,7,8)(H,10,11). The summed E-state index contributed by atoms with van der Waals surface area (Å²) in [6, 6.07) is 1.44. The fourth-order valence-electron chi connectivity index (χ4n) is 0.644. The van der Waals surface area contributed by atoms with Crippen LogP contribution in [0, 0.1) is 0 Å². The number of carboxylic acid groups (broad SMARTS) is 1. The quantitative estimate of drug-likeness (QED) is 0.476. The topological polar surface area (TPSA) is 83.0 Å². The average molecular weight is 154 g/mol. The first-order valence-corrected chi connectivity index (χ1v) is 2.94. The molecule has 0 fully saturated rings. The summed E-state index contributed by atoms with van der Waals surface area (Å²) < 4.78 is 0. The SMILES string of the molecule is O=C(O)CC(=O)c1ccn[nH]1. The van der Waals surface area contributed by atoms with Gasteiger partial charge in [0.1, 0.15) is 12.1 Å². The maximum absolute atomic E-state index is 10.9. The van der Waals surface area contributed by atoms with E-state index in [9.17, 15) is 9.59 Å². The molecule has 0 aliphatic carbocycles. The third kappa shape index (κ3) is 1.89. The van der Waals surface area contributed by atoms with Crippen molar-refractivity contribution in [1.29, 1.82) is 0 Å². The number of aliphatic carboxylic acids is 1. The molecule has 1 aromatic rings. The van der Waals surface area contributed by atoms with Crippen LogP contribution in [0.5, 0.6) is 0 Å². The van der Waals surface area contributed by atoms with E-state index in [1.54, 1.807) is 0 Å². The molecule has 11 heavy (non-hydrogen) atoms. The molecule has 0 spiro atoms. The number of H-pyrrole nitrogens is 1. The summed E-state index contributed by atoms with van der Waals surface area (Å²) in [6.07, 6.45) is 0.900. The van der Waals surface area contributed by atoms with E-state index in [2.05, 4.69) is 10.2 Å². The Hall–Kier alpha value is -1.65. The normalized spacial score (nSPS) is 9.45. The van der Waals surface area contributed by atoms with Crippen molar-refractivity contribution in [2.24, 2.45) is 0 Å². The molecule has 0 amide bonds. The van der Waals surface area contributed by atoms with E-state index in [1.165, 1.54) is 12.3 Å². The zero-order chi connectivity index (χ0) is 8.27. The zero-order valence-electron chi connectivity index (χ0n) is 5.57. The predicted molar refractivity (Wildman–Crippen MR) is 35.2 cm³/mol. The molecule has 1 aromatic heterocycles. The number of Topliss-reactive ketones (excluding diaryl/α,β-unsaturated/α-hetero) is 1. The molecule has 5 nitrogen and oxygen atoms in total. The fraction of sp³-hybridized carbons (Fsp3) is 0.167. The molecule has 58 valence electrons. The molecular formula is C6H6N2O3. The number of hydrogen-bond acceptors (Lipinski definition) is 3. The van der Waals surface area contributed by atoms with Gasteiger partial charge in [-0.05, 0) is 6.07 Å². The summed E-state index contributed by atoms with van der Waals surface area (Å²) in [4.78, 5) is 20.9. The van der Waals surface area contributed by atoms with Gasteiger partial charge in [0, 0.05) is 6.20 Å². The number of carboxylic acids is 1. The second-order valence-corrected chi connectivity index (χ2v) is 1.96. The minimum absolute atomic E-state index is 0.229. The van der Waals surface area contributed by atoms with Crippen molar-refractivity contribution < 1.29 is 14.7 Å². The molecule has 0 unspecified atom stereocenters. The van der Waals surface area contributed by atoms with Gasteiger partial charge in [-0.25, -0.2) is 0 Å². The van der Waals surface area contributed by atoms with Crippen LogP contribution in [0.3, 0.4) is 0 Å². The minimum Gasteiger partial charge on any atom is -0.481 e. The molecular weight excluding hydrogens is 148 g/mol. The van der Waals surface area contributed by atoms with Crippen molar-refractivity contribution in [1.82, 2.24) is 10.2 Å². The minimum atomic E-state index is -1.13. The van der Waals surface area contributed by atoms with Gasteiger partial charge in [0.05, 0.1) is 0 Å². The van der Waals surface area contributed by atoms with E-state index < -0.39 is 18.2 Å².